The van der Waals surface area contributed by atoms with E-state index in [0.717, 1.165) is 0 Å². The Balaban J connectivity index is -0.00000000977. The topological polar surface area (TPSA) is 957 Å². The predicted octanol–water partition coefficient (Wildman–Crippen LogP) is -42.0. The fraction of sp³-hybridized carbons (Fsp3) is 0. The van der Waals surface area contributed by atoms with Crippen LogP contribution in [0.2, 0.25) is 0 Å². The van der Waals surface area contributed by atoms with Crippen LogP contribution in [0.25, 0.3) is 0 Å². The molecule has 0 heterocycles. The first-order valence-electron chi connectivity index (χ1n) is 7.30. The Morgan fingerprint density at radius 3 is 0.176 bits per heavy atom. The van der Waals surface area contributed by atoms with Gasteiger partial charge in [-0.15, -0.1) is 0 Å². The van der Waals surface area contributed by atoms with Gasteiger partial charge in [0, 0.05) is 0 Å². The number of phosphoric acid groups is 10. The Bertz CT molecular complexity index is 918. The van der Waals surface area contributed by atoms with Crippen molar-refractivity contribution < 1.29 is 400 Å². The van der Waals surface area contributed by atoms with Gasteiger partial charge >= 0.3 is 291 Å². The molecule has 6 N–H and O–H groups in total. The SMILES string of the molecule is O.O.O.O=P([O-])([O-])[O-].O=P([O-])([O-])[O-].O=P([O-])([O-])[O-].O=P([O-])([O-])[O-].O=P([O-])([O-])[O-].O=P([O-])([O-])[O-].O=P([O-])([O-])[O-].O=P([O-])([O-])[O-].O=P([O-])([O-])[O-].O=P([O-])([O-])[O-].[Be+2].[Be+2].[Be+2].[Fe+3].[Fe+3].[Fe+3].[Mg+2].[Mg+2].[Mg+2].[Mn+2].[Mn+2].[Mn+2].[Na+].[Na+].[Na+]. The quantitative estimate of drug-likeness (QED) is 0.160. The first-order valence-corrected chi connectivity index (χ1v) is 21.9. The molecule has 0 saturated heterocycles. The van der Waals surface area contributed by atoms with Gasteiger partial charge in [-0.05, 0) is 0 Å². The monoisotopic (exact) mass is 1500 g/mol. The molecule has 0 bridgehead atoms. The van der Waals surface area contributed by atoms with Crippen LogP contribution in [-0.2, 0) is 148 Å². The second kappa shape index (κ2) is 90.7. The number of hydrogen-bond donors (Lipinski definition) is 0. The van der Waals surface area contributed by atoms with Crippen LogP contribution in [0.1, 0.15) is 0 Å². The summed E-state index contributed by atoms with van der Waals surface area (Å²) < 4.78 is 85.5. The molecule has 0 atom stereocenters. The summed E-state index contributed by atoms with van der Waals surface area (Å²) in [6, 6.07) is 0. The first-order chi connectivity index (χ1) is 20.0. The van der Waals surface area contributed by atoms with E-state index in [1.807, 2.05) is 0 Å². The Kier molecular flexibility index (Phi) is 247. The molecular weight excluding hydrogens is 1500 g/mol. The molecule has 0 amide bonds. The molecule has 0 fully saturated rings. The molecular formula is H6Be3Fe3Mg3Mn3Na3O43P10. The van der Waals surface area contributed by atoms with Crippen molar-refractivity contribution in [1.82, 2.24) is 0 Å². The molecule has 0 aliphatic heterocycles. The largest absolute Gasteiger partial charge is 3.00 e. The first kappa shape index (κ1) is 185. The fourth-order valence-electron chi connectivity index (χ4n) is 0. The number of hydrogen-bond acceptors (Lipinski definition) is 40. The molecule has 0 rings (SSSR count). The Labute approximate surface area is 569 Å². The van der Waals surface area contributed by atoms with Crippen LogP contribution in [0.4, 0.5) is 0 Å². The van der Waals surface area contributed by atoms with Crippen LogP contribution < -0.4 is 235 Å². The minimum atomic E-state index is -5.39. The molecule has 0 spiro atoms. The minimum Gasteiger partial charge on any atom is -0.822 e. The van der Waals surface area contributed by atoms with Crippen LogP contribution in [0.3, 0.4) is 0 Å². The molecule has 374 valence electrons. The van der Waals surface area contributed by atoms with Crippen LogP contribution in [0.15, 0.2) is 0 Å². The van der Waals surface area contributed by atoms with Gasteiger partial charge in [0.25, 0.3) is 0 Å². The molecule has 6 radical (unpaired) electrons. The van der Waals surface area contributed by atoms with E-state index in [1.165, 1.54) is 0 Å². The predicted molar refractivity (Wildman–Crippen MR) is 121 cm³/mol. The molecule has 0 aliphatic rings. The third kappa shape index (κ3) is 4340. The summed E-state index contributed by atoms with van der Waals surface area (Å²) in [6.07, 6.45) is 0. The Morgan fingerprint density at radius 1 is 0.176 bits per heavy atom. The van der Waals surface area contributed by atoms with Gasteiger partial charge in [-0.25, -0.2) is 0 Å². The molecule has 0 aromatic rings. The van der Waals surface area contributed by atoms with Gasteiger partial charge in [0.2, 0.25) is 0 Å². The smallest absolute Gasteiger partial charge is 0.822 e. The molecule has 0 unspecified atom stereocenters. The molecule has 0 aliphatic carbocycles. The molecule has 0 aromatic heterocycles. The summed E-state index contributed by atoms with van der Waals surface area (Å²) in [6.45, 7) is 0. The van der Waals surface area contributed by atoms with Crippen molar-refractivity contribution in [3.8, 4) is 0 Å². The van der Waals surface area contributed by atoms with Crippen molar-refractivity contribution >= 4 is 178 Å². The Morgan fingerprint density at radius 2 is 0.176 bits per heavy atom. The van der Waals surface area contributed by atoms with E-state index in [4.69, 9.17) is 192 Å². The standard InChI is InChI=1S/3Be.3Fe.3Mg.3Mn.3Na.10H3O4P.3H2O/c;;;;;;;;;;;;;;;10*1-5(2,3)4;;;/h;;;;;;;;;;;;;;;10*(H3,1,2,3,4);3*1H2/q3*+2;3*+3;6*+2;3*+1;;;;;;;;;;;;;/p-30. The molecule has 43 nitrogen and oxygen atoms in total. The molecule has 68 heteroatoms. The average Bonchev–Trinajstić information content (AvgIpc) is 2.34. The second-order valence-corrected chi connectivity index (χ2v) is 13.4. The summed E-state index contributed by atoms with van der Waals surface area (Å²) in [5.41, 5.74) is 0. The molecule has 0 aromatic carbocycles. The third-order valence-electron chi connectivity index (χ3n) is 0. The van der Waals surface area contributed by atoms with E-state index in [-0.39, 0.29) is 307 Å². The van der Waals surface area contributed by atoms with Gasteiger partial charge < -0.3 is 209 Å². The van der Waals surface area contributed by atoms with Crippen LogP contribution in [0.5, 0.6) is 0 Å². The summed E-state index contributed by atoms with van der Waals surface area (Å²) in [4.78, 5) is 256. The van der Waals surface area contributed by atoms with Gasteiger partial charge in [-0.3, -0.25) is 0 Å². The van der Waals surface area contributed by atoms with Crippen LogP contribution in [-0.4, -0.2) is 116 Å². The van der Waals surface area contributed by atoms with Gasteiger partial charge in [-0.1, -0.05) is 0 Å². The summed E-state index contributed by atoms with van der Waals surface area (Å²) in [5.74, 6) is 0. The zero-order chi connectivity index (χ0) is 45.0. The van der Waals surface area contributed by atoms with Crippen molar-refractivity contribution in [1.29, 1.82) is 0 Å². The summed E-state index contributed by atoms with van der Waals surface area (Å²) in [7, 11) is -53.9. The summed E-state index contributed by atoms with van der Waals surface area (Å²) >= 11 is 0. The van der Waals surface area contributed by atoms with E-state index >= 15 is 0 Å². The maximum atomic E-state index is 8.55. The van der Waals surface area contributed by atoms with Crippen molar-refractivity contribution in [2.75, 3.05) is 0 Å². The molecule has 0 saturated carbocycles. The van der Waals surface area contributed by atoms with E-state index in [2.05, 4.69) is 0 Å². The van der Waals surface area contributed by atoms with E-state index in [0.29, 0.717) is 0 Å². The molecule has 68 heavy (non-hydrogen) atoms. The maximum Gasteiger partial charge on any atom is 3.00 e. The van der Waals surface area contributed by atoms with Crippen LogP contribution >= 0.6 is 78.2 Å². The van der Waals surface area contributed by atoms with Gasteiger partial charge in [0.05, 0.1) is 0 Å². The third-order valence-corrected chi connectivity index (χ3v) is 0. The number of rotatable bonds is 0. The van der Waals surface area contributed by atoms with Gasteiger partial charge in [0.15, 0.2) is 0 Å². The zero-order valence-electron chi connectivity index (χ0n) is 31.7. The maximum absolute atomic E-state index is 8.55. The van der Waals surface area contributed by atoms with E-state index in [1.54, 1.807) is 0 Å². The summed E-state index contributed by atoms with van der Waals surface area (Å²) in [5, 5.41) is 0. The zero-order valence-corrected chi connectivity index (χ0v) is 57.8. The van der Waals surface area contributed by atoms with Crippen molar-refractivity contribution in [2.45, 2.75) is 0 Å². The van der Waals surface area contributed by atoms with Crippen molar-refractivity contribution in [3.63, 3.8) is 0 Å². The van der Waals surface area contributed by atoms with Crippen LogP contribution in [0, 0.1) is 0 Å². The Hall–Kier alpha value is 9.90. The van der Waals surface area contributed by atoms with Crippen molar-refractivity contribution in [3.05, 3.63) is 0 Å². The normalized spacial score (nSPS) is 8.68. The minimum absolute atomic E-state index is 0. The second-order valence-electron chi connectivity index (χ2n) is 4.47. The average molecular weight is 1510 g/mol. The van der Waals surface area contributed by atoms with E-state index < -0.39 is 78.2 Å². The van der Waals surface area contributed by atoms with Gasteiger partial charge in [-0.2, -0.15) is 78.2 Å². The fourth-order valence-corrected chi connectivity index (χ4v) is 0. The van der Waals surface area contributed by atoms with E-state index in [9.17, 15) is 0 Å². The van der Waals surface area contributed by atoms with Gasteiger partial charge in [0.1, 0.15) is 0 Å². The van der Waals surface area contributed by atoms with Crippen molar-refractivity contribution in [2.24, 2.45) is 0 Å².